The van der Waals surface area contributed by atoms with Crippen molar-refractivity contribution in [3.63, 3.8) is 0 Å². The fraction of sp³-hybridized carbons (Fsp3) is 0.467. The third-order valence-electron chi connectivity index (χ3n) is 3.61. The van der Waals surface area contributed by atoms with E-state index in [0.717, 1.165) is 25.7 Å². The van der Waals surface area contributed by atoms with Crippen molar-refractivity contribution in [1.82, 2.24) is 5.32 Å². The number of aliphatic carboxylic acids is 1. The van der Waals surface area contributed by atoms with E-state index in [-0.39, 0.29) is 18.3 Å². The van der Waals surface area contributed by atoms with Gasteiger partial charge in [0.15, 0.2) is 0 Å². The monoisotopic (exact) mass is 294 g/mol. The number of halogens is 1. The summed E-state index contributed by atoms with van der Waals surface area (Å²) in [5.74, 6) is -1.82. The number of benzene rings is 1. The van der Waals surface area contributed by atoms with Gasteiger partial charge in [-0.05, 0) is 37.1 Å². The molecule has 1 unspecified atom stereocenters. The number of carbonyl (C=O) groups excluding carboxylic acids is 1. The first-order chi connectivity index (χ1) is 10.0. The van der Waals surface area contributed by atoms with Crippen LogP contribution in [0.2, 0.25) is 0 Å². The Bertz CT molecular complexity index is 498. The van der Waals surface area contributed by atoms with E-state index in [2.05, 4.69) is 10.6 Å². The van der Waals surface area contributed by atoms with E-state index in [1.165, 1.54) is 24.3 Å². The summed E-state index contributed by atoms with van der Waals surface area (Å²) in [4.78, 5) is 23.1. The second-order valence-corrected chi connectivity index (χ2v) is 5.30. The van der Waals surface area contributed by atoms with Crippen molar-refractivity contribution < 1.29 is 19.1 Å². The summed E-state index contributed by atoms with van der Waals surface area (Å²) in [6.45, 7) is 0. The van der Waals surface area contributed by atoms with E-state index in [0.29, 0.717) is 5.69 Å². The predicted molar refractivity (Wildman–Crippen MR) is 76.5 cm³/mol. The second-order valence-electron chi connectivity index (χ2n) is 5.30. The predicted octanol–water partition coefficient (Wildman–Crippen LogP) is 2.14. The van der Waals surface area contributed by atoms with Crippen LogP contribution in [0.5, 0.6) is 0 Å². The van der Waals surface area contributed by atoms with Crippen LogP contribution in [0.25, 0.3) is 0 Å². The molecule has 6 heteroatoms. The zero-order chi connectivity index (χ0) is 15.2. The van der Waals surface area contributed by atoms with Crippen molar-refractivity contribution in [3.8, 4) is 0 Å². The Kier molecular flexibility index (Phi) is 5.27. The van der Waals surface area contributed by atoms with Gasteiger partial charge in [-0.2, -0.15) is 0 Å². The molecule has 1 aliphatic rings. The van der Waals surface area contributed by atoms with Crippen LogP contribution >= 0.6 is 0 Å². The first-order valence-corrected chi connectivity index (χ1v) is 7.09. The number of carbonyl (C=O) groups is 2. The molecule has 1 saturated carbocycles. The maximum atomic E-state index is 12.8. The largest absolute Gasteiger partial charge is 0.480 e. The normalized spacial score (nSPS) is 16.6. The molecule has 1 aromatic carbocycles. The lowest BCUT2D eigenvalue weighted by atomic mass is 10.1. The molecule has 21 heavy (non-hydrogen) atoms. The van der Waals surface area contributed by atoms with Crippen LogP contribution < -0.4 is 10.6 Å². The summed E-state index contributed by atoms with van der Waals surface area (Å²) in [6, 6.07) is 4.63. The van der Waals surface area contributed by atoms with Crippen molar-refractivity contribution in [2.75, 3.05) is 5.32 Å². The van der Waals surface area contributed by atoms with Crippen molar-refractivity contribution in [1.29, 1.82) is 0 Å². The molecule has 5 nitrogen and oxygen atoms in total. The smallest absolute Gasteiger partial charge is 0.321 e. The minimum absolute atomic E-state index is 0.150. The van der Waals surface area contributed by atoms with E-state index in [9.17, 15) is 19.1 Å². The van der Waals surface area contributed by atoms with Crippen LogP contribution in [0.4, 0.5) is 10.1 Å². The maximum absolute atomic E-state index is 12.8. The number of anilines is 1. The molecule has 0 spiro atoms. The van der Waals surface area contributed by atoms with Gasteiger partial charge in [-0.15, -0.1) is 0 Å². The maximum Gasteiger partial charge on any atom is 0.321 e. The quantitative estimate of drug-likeness (QED) is 0.751. The lowest BCUT2D eigenvalue weighted by Gasteiger charge is -2.19. The highest BCUT2D eigenvalue weighted by Crippen LogP contribution is 2.18. The summed E-state index contributed by atoms with van der Waals surface area (Å²) < 4.78 is 12.8. The third-order valence-corrected chi connectivity index (χ3v) is 3.61. The van der Waals surface area contributed by atoms with Gasteiger partial charge in [-0.3, -0.25) is 9.59 Å². The molecule has 0 aromatic heterocycles. The highest BCUT2D eigenvalue weighted by Gasteiger charge is 2.26. The molecule has 2 rings (SSSR count). The van der Waals surface area contributed by atoms with Gasteiger partial charge in [0.05, 0.1) is 6.42 Å². The Morgan fingerprint density at radius 3 is 2.43 bits per heavy atom. The molecule has 0 radical (unpaired) electrons. The van der Waals surface area contributed by atoms with E-state index < -0.39 is 17.9 Å². The van der Waals surface area contributed by atoms with Crippen molar-refractivity contribution >= 4 is 17.6 Å². The van der Waals surface area contributed by atoms with Crippen LogP contribution in [-0.2, 0) is 9.59 Å². The Hall–Kier alpha value is -1.95. The zero-order valence-electron chi connectivity index (χ0n) is 11.6. The Morgan fingerprint density at radius 2 is 1.86 bits per heavy atom. The van der Waals surface area contributed by atoms with Crippen LogP contribution in [0, 0.1) is 5.82 Å². The topological polar surface area (TPSA) is 78.4 Å². The number of rotatable bonds is 6. The number of nitrogens with one attached hydrogen (secondary N) is 2. The molecular formula is C15H19FN2O3. The summed E-state index contributed by atoms with van der Waals surface area (Å²) in [5, 5.41) is 14.8. The van der Waals surface area contributed by atoms with Gasteiger partial charge in [-0.25, -0.2) is 4.39 Å². The number of hydrogen-bond acceptors (Lipinski definition) is 3. The number of carboxylic acid groups (broad SMARTS) is 1. The molecule has 1 atom stereocenters. The SMILES string of the molecule is O=C(CC(NC1CCCC1)C(=O)O)Nc1ccc(F)cc1. The molecule has 1 aromatic rings. The lowest BCUT2D eigenvalue weighted by Crippen LogP contribution is -2.44. The number of hydrogen-bond donors (Lipinski definition) is 3. The van der Waals surface area contributed by atoms with Gasteiger partial charge < -0.3 is 15.7 Å². The Balaban J connectivity index is 1.88. The van der Waals surface area contributed by atoms with Gasteiger partial charge in [0.25, 0.3) is 0 Å². The third kappa shape index (κ3) is 4.82. The minimum Gasteiger partial charge on any atom is -0.480 e. The van der Waals surface area contributed by atoms with Gasteiger partial charge in [-0.1, -0.05) is 12.8 Å². The van der Waals surface area contributed by atoms with Gasteiger partial charge in [0.1, 0.15) is 11.9 Å². The Morgan fingerprint density at radius 1 is 1.24 bits per heavy atom. The van der Waals surface area contributed by atoms with E-state index in [4.69, 9.17) is 0 Å². The molecule has 3 N–H and O–H groups in total. The average molecular weight is 294 g/mol. The van der Waals surface area contributed by atoms with E-state index >= 15 is 0 Å². The van der Waals surface area contributed by atoms with Crippen molar-refractivity contribution in [2.45, 2.75) is 44.2 Å². The van der Waals surface area contributed by atoms with Crippen molar-refractivity contribution in [3.05, 3.63) is 30.1 Å². The fourth-order valence-electron chi connectivity index (χ4n) is 2.53. The molecule has 0 aliphatic heterocycles. The number of carboxylic acids is 1. The molecule has 0 saturated heterocycles. The number of amides is 1. The van der Waals surface area contributed by atoms with Gasteiger partial charge in [0, 0.05) is 11.7 Å². The van der Waals surface area contributed by atoms with E-state index in [1.807, 2.05) is 0 Å². The van der Waals surface area contributed by atoms with E-state index in [1.54, 1.807) is 0 Å². The molecule has 1 fully saturated rings. The van der Waals surface area contributed by atoms with Gasteiger partial charge >= 0.3 is 5.97 Å². The zero-order valence-corrected chi connectivity index (χ0v) is 11.6. The molecule has 114 valence electrons. The lowest BCUT2D eigenvalue weighted by molar-refractivity contribution is -0.141. The second kappa shape index (κ2) is 7.17. The highest BCUT2D eigenvalue weighted by molar-refractivity contribution is 5.94. The summed E-state index contributed by atoms with van der Waals surface area (Å²) in [7, 11) is 0. The highest BCUT2D eigenvalue weighted by atomic mass is 19.1. The molecular weight excluding hydrogens is 275 g/mol. The fourth-order valence-corrected chi connectivity index (χ4v) is 2.53. The molecule has 1 aliphatic carbocycles. The summed E-state index contributed by atoms with van der Waals surface area (Å²) in [5.41, 5.74) is 0.450. The molecule has 0 bridgehead atoms. The standard InChI is InChI=1S/C15H19FN2O3/c16-10-5-7-12(8-6-10)18-14(19)9-13(15(20)21)17-11-3-1-2-4-11/h5-8,11,13,17H,1-4,9H2,(H,18,19)(H,20,21). The van der Waals surface area contributed by atoms with Crippen LogP contribution in [0.3, 0.4) is 0 Å². The van der Waals surface area contributed by atoms with Crippen LogP contribution in [0.15, 0.2) is 24.3 Å². The Labute approximate surface area is 122 Å². The first kappa shape index (κ1) is 15.4. The van der Waals surface area contributed by atoms with Gasteiger partial charge in [0.2, 0.25) is 5.91 Å². The minimum atomic E-state index is -1.03. The van der Waals surface area contributed by atoms with Crippen LogP contribution in [-0.4, -0.2) is 29.1 Å². The molecule has 1 amide bonds. The summed E-state index contributed by atoms with van der Waals surface area (Å²) in [6.07, 6.45) is 3.92. The average Bonchev–Trinajstić information content (AvgIpc) is 2.93. The van der Waals surface area contributed by atoms with Crippen molar-refractivity contribution in [2.24, 2.45) is 0 Å². The summed E-state index contributed by atoms with van der Waals surface area (Å²) >= 11 is 0. The molecule has 0 heterocycles. The van der Waals surface area contributed by atoms with Crippen LogP contribution in [0.1, 0.15) is 32.1 Å². The first-order valence-electron chi connectivity index (χ1n) is 7.09.